The van der Waals surface area contributed by atoms with E-state index in [2.05, 4.69) is 12.2 Å². The lowest BCUT2D eigenvalue weighted by atomic mass is 9.86. The number of rotatable bonds is 5. The molecule has 0 amide bonds. The zero-order valence-corrected chi connectivity index (χ0v) is 9.29. The lowest BCUT2D eigenvalue weighted by molar-refractivity contribution is -0.136. The molecule has 1 unspecified atom stereocenters. The second-order valence-electron chi connectivity index (χ2n) is 4.53. The van der Waals surface area contributed by atoms with Crippen molar-refractivity contribution in [3.8, 4) is 0 Å². The fourth-order valence-corrected chi connectivity index (χ4v) is 2.53. The molecular formula is C11H20F3N. The van der Waals surface area contributed by atoms with Crippen LogP contribution in [0.15, 0.2) is 0 Å². The van der Waals surface area contributed by atoms with Crippen molar-refractivity contribution in [3.05, 3.63) is 0 Å². The molecule has 90 valence electrons. The Kier molecular flexibility index (Phi) is 4.44. The highest BCUT2D eigenvalue weighted by molar-refractivity contribution is 4.92. The van der Waals surface area contributed by atoms with E-state index in [1.54, 1.807) is 0 Å². The summed E-state index contributed by atoms with van der Waals surface area (Å²) in [6.45, 7) is 3.05. The maximum absolute atomic E-state index is 12.0. The van der Waals surface area contributed by atoms with E-state index >= 15 is 0 Å². The summed E-state index contributed by atoms with van der Waals surface area (Å²) >= 11 is 0. The minimum Gasteiger partial charge on any atom is -0.311 e. The molecule has 0 radical (unpaired) electrons. The van der Waals surface area contributed by atoms with Crippen molar-refractivity contribution in [2.24, 2.45) is 0 Å². The van der Waals surface area contributed by atoms with Gasteiger partial charge in [-0.1, -0.05) is 13.3 Å². The fraction of sp³-hybridized carbons (Fsp3) is 1.00. The van der Waals surface area contributed by atoms with E-state index in [1.165, 1.54) is 0 Å². The van der Waals surface area contributed by atoms with Crippen molar-refractivity contribution in [1.82, 2.24) is 5.32 Å². The van der Waals surface area contributed by atoms with Crippen LogP contribution >= 0.6 is 0 Å². The van der Waals surface area contributed by atoms with Crippen LogP contribution in [0.1, 0.15) is 51.9 Å². The van der Waals surface area contributed by atoms with Gasteiger partial charge in [0.05, 0.1) is 0 Å². The number of halogens is 3. The molecular weight excluding hydrogens is 203 g/mol. The molecule has 1 heterocycles. The Morgan fingerprint density at radius 3 is 2.47 bits per heavy atom. The van der Waals surface area contributed by atoms with Crippen LogP contribution < -0.4 is 5.32 Å². The van der Waals surface area contributed by atoms with Gasteiger partial charge < -0.3 is 5.32 Å². The Morgan fingerprint density at radius 2 is 2.00 bits per heavy atom. The molecule has 0 aliphatic carbocycles. The summed E-state index contributed by atoms with van der Waals surface area (Å²) < 4.78 is 36.1. The van der Waals surface area contributed by atoms with Crippen LogP contribution in [0.5, 0.6) is 0 Å². The van der Waals surface area contributed by atoms with Crippen LogP contribution in [-0.2, 0) is 0 Å². The highest BCUT2D eigenvalue weighted by Crippen LogP contribution is 2.32. The summed E-state index contributed by atoms with van der Waals surface area (Å²) in [6.07, 6.45) is 0.484. The number of hydrogen-bond donors (Lipinski definition) is 1. The second-order valence-corrected chi connectivity index (χ2v) is 4.53. The zero-order chi connectivity index (χ0) is 11.4. The van der Waals surface area contributed by atoms with Gasteiger partial charge in [0.25, 0.3) is 0 Å². The number of nitrogens with one attached hydrogen (secondary N) is 1. The molecule has 0 aromatic heterocycles. The van der Waals surface area contributed by atoms with Gasteiger partial charge in [0.15, 0.2) is 0 Å². The summed E-state index contributed by atoms with van der Waals surface area (Å²) in [7, 11) is 0. The van der Waals surface area contributed by atoms with Crippen molar-refractivity contribution < 1.29 is 13.2 Å². The third-order valence-electron chi connectivity index (χ3n) is 3.18. The molecule has 1 rings (SSSR count). The first-order chi connectivity index (χ1) is 6.97. The van der Waals surface area contributed by atoms with E-state index < -0.39 is 12.6 Å². The third kappa shape index (κ3) is 4.41. The molecule has 0 aromatic rings. The summed E-state index contributed by atoms with van der Waals surface area (Å²) in [4.78, 5) is 0. The predicted molar refractivity (Wildman–Crippen MR) is 54.8 cm³/mol. The number of hydrogen-bond acceptors (Lipinski definition) is 1. The summed E-state index contributed by atoms with van der Waals surface area (Å²) in [5.74, 6) is 0. The minimum absolute atomic E-state index is 0.0139. The molecule has 0 aromatic carbocycles. The van der Waals surface area contributed by atoms with Crippen molar-refractivity contribution in [2.45, 2.75) is 63.6 Å². The average Bonchev–Trinajstić information content (AvgIpc) is 2.52. The molecule has 1 saturated heterocycles. The van der Waals surface area contributed by atoms with Gasteiger partial charge in [0.1, 0.15) is 0 Å². The Labute approximate surface area is 89.4 Å². The molecule has 1 aliphatic rings. The standard InChI is InChI=1S/C11H20F3N/c1-2-5-10(7-4-9-15-10)6-3-8-11(12,13)14/h15H,2-9H2,1H3. The van der Waals surface area contributed by atoms with Crippen LogP contribution in [0.25, 0.3) is 0 Å². The van der Waals surface area contributed by atoms with Gasteiger partial charge in [-0.15, -0.1) is 0 Å². The quantitative estimate of drug-likeness (QED) is 0.750. The van der Waals surface area contributed by atoms with Crippen LogP contribution in [0.4, 0.5) is 13.2 Å². The van der Waals surface area contributed by atoms with Crippen LogP contribution in [0.2, 0.25) is 0 Å². The van der Waals surface area contributed by atoms with Crippen LogP contribution in [0.3, 0.4) is 0 Å². The van der Waals surface area contributed by atoms with Gasteiger partial charge in [0.2, 0.25) is 0 Å². The molecule has 15 heavy (non-hydrogen) atoms. The van der Waals surface area contributed by atoms with E-state index in [9.17, 15) is 13.2 Å². The van der Waals surface area contributed by atoms with E-state index in [4.69, 9.17) is 0 Å². The van der Waals surface area contributed by atoms with Gasteiger partial charge in [-0.25, -0.2) is 0 Å². The van der Waals surface area contributed by atoms with Gasteiger partial charge in [-0.05, 0) is 38.6 Å². The highest BCUT2D eigenvalue weighted by Gasteiger charge is 2.34. The van der Waals surface area contributed by atoms with E-state index in [1.807, 2.05) is 0 Å². The van der Waals surface area contributed by atoms with Crippen molar-refractivity contribution in [3.63, 3.8) is 0 Å². The van der Waals surface area contributed by atoms with Gasteiger partial charge in [0, 0.05) is 12.0 Å². The van der Waals surface area contributed by atoms with E-state index in [-0.39, 0.29) is 12.0 Å². The van der Waals surface area contributed by atoms with Crippen molar-refractivity contribution in [1.29, 1.82) is 0 Å². The Bertz CT molecular complexity index is 183. The molecule has 1 N–H and O–H groups in total. The predicted octanol–water partition coefficient (Wildman–Crippen LogP) is 3.64. The molecule has 1 aliphatic heterocycles. The largest absolute Gasteiger partial charge is 0.389 e. The van der Waals surface area contributed by atoms with Crippen molar-refractivity contribution in [2.75, 3.05) is 6.54 Å². The normalized spacial score (nSPS) is 27.2. The SMILES string of the molecule is CCCC1(CCCC(F)(F)F)CCCN1. The van der Waals surface area contributed by atoms with Crippen molar-refractivity contribution >= 4 is 0 Å². The molecule has 1 fully saturated rings. The molecule has 1 nitrogen and oxygen atoms in total. The second kappa shape index (κ2) is 5.19. The summed E-state index contributed by atoms with van der Waals surface area (Å²) in [5, 5.41) is 3.39. The van der Waals surface area contributed by atoms with Gasteiger partial charge in [-0.2, -0.15) is 13.2 Å². The van der Waals surface area contributed by atoms with Crippen LogP contribution in [-0.4, -0.2) is 18.3 Å². The maximum Gasteiger partial charge on any atom is 0.389 e. The number of alkyl halides is 3. The molecule has 0 bridgehead atoms. The lowest BCUT2D eigenvalue weighted by Crippen LogP contribution is -2.39. The Balaban J connectivity index is 2.32. The Morgan fingerprint density at radius 1 is 1.27 bits per heavy atom. The van der Waals surface area contributed by atoms with Crippen LogP contribution in [0, 0.1) is 0 Å². The first-order valence-electron chi connectivity index (χ1n) is 5.79. The Hall–Kier alpha value is -0.250. The van der Waals surface area contributed by atoms with Gasteiger partial charge in [-0.3, -0.25) is 0 Å². The smallest absolute Gasteiger partial charge is 0.311 e. The zero-order valence-electron chi connectivity index (χ0n) is 9.29. The summed E-state index contributed by atoms with van der Waals surface area (Å²) in [6, 6.07) is 0. The lowest BCUT2D eigenvalue weighted by Gasteiger charge is -2.29. The fourth-order valence-electron chi connectivity index (χ4n) is 2.53. The topological polar surface area (TPSA) is 12.0 Å². The summed E-state index contributed by atoms with van der Waals surface area (Å²) in [5.41, 5.74) is 0.0139. The monoisotopic (exact) mass is 223 g/mol. The molecule has 1 atom stereocenters. The molecule has 0 saturated carbocycles. The molecule has 0 spiro atoms. The first-order valence-corrected chi connectivity index (χ1v) is 5.79. The van der Waals surface area contributed by atoms with Gasteiger partial charge >= 0.3 is 6.18 Å². The minimum atomic E-state index is -3.99. The maximum atomic E-state index is 12.0. The van der Waals surface area contributed by atoms with E-state index in [0.29, 0.717) is 6.42 Å². The molecule has 4 heteroatoms. The first kappa shape index (κ1) is 12.8. The average molecular weight is 223 g/mol. The van der Waals surface area contributed by atoms with E-state index in [0.717, 1.165) is 32.2 Å². The highest BCUT2D eigenvalue weighted by atomic mass is 19.4. The third-order valence-corrected chi connectivity index (χ3v) is 3.18.